The Morgan fingerprint density at radius 3 is 2.83 bits per heavy atom. The number of morpholine rings is 1. The highest BCUT2D eigenvalue weighted by Gasteiger charge is 2.45. The lowest BCUT2D eigenvalue weighted by Crippen LogP contribution is -2.56. The second-order valence-corrected chi connectivity index (χ2v) is 3.89. The molecule has 1 spiro atoms. The Morgan fingerprint density at radius 2 is 2.25 bits per heavy atom. The number of hydrogen-bond donors (Lipinski definition) is 1. The lowest BCUT2D eigenvalue weighted by molar-refractivity contribution is -0.135. The molecule has 0 aromatic rings. The van der Waals surface area contributed by atoms with Crippen LogP contribution in [0.3, 0.4) is 0 Å². The predicted octanol–water partition coefficient (Wildman–Crippen LogP) is 0.542. The minimum atomic E-state index is -0.0301. The van der Waals surface area contributed by atoms with E-state index in [0.29, 0.717) is 6.10 Å². The highest BCUT2D eigenvalue weighted by Crippen LogP contribution is 2.32. The fraction of sp³-hybridized carbons (Fsp3) is 1.00. The van der Waals surface area contributed by atoms with Crippen LogP contribution in [-0.4, -0.2) is 37.5 Å². The summed E-state index contributed by atoms with van der Waals surface area (Å²) in [7, 11) is 0. The van der Waals surface area contributed by atoms with Crippen LogP contribution in [0.1, 0.15) is 20.3 Å². The predicted molar refractivity (Wildman–Crippen MR) is 46.2 cm³/mol. The molecule has 2 aliphatic heterocycles. The molecule has 70 valence electrons. The van der Waals surface area contributed by atoms with E-state index < -0.39 is 0 Å². The molecular formula is C9H17NO2. The molecule has 2 saturated heterocycles. The lowest BCUT2D eigenvalue weighted by Gasteiger charge is -2.39. The number of rotatable bonds is 0. The van der Waals surface area contributed by atoms with Crippen LogP contribution < -0.4 is 5.32 Å². The quantitative estimate of drug-likeness (QED) is 0.577. The first-order valence-corrected chi connectivity index (χ1v) is 4.73. The number of nitrogens with one attached hydrogen (secondary N) is 1. The third-order valence-corrected chi connectivity index (χ3v) is 2.93. The van der Waals surface area contributed by atoms with E-state index >= 15 is 0 Å². The Labute approximate surface area is 73.4 Å². The van der Waals surface area contributed by atoms with Gasteiger partial charge in [-0.15, -0.1) is 0 Å². The first-order chi connectivity index (χ1) is 5.73. The summed E-state index contributed by atoms with van der Waals surface area (Å²) in [6, 6.07) is 0. The van der Waals surface area contributed by atoms with Crippen molar-refractivity contribution >= 4 is 0 Å². The van der Waals surface area contributed by atoms with Crippen molar-refractivity contribution in [3.63, 3.8) is 0 Å². The summed E-state index contributed by atoms with van der Waals surface area (Å²) in [6.07, 6.45) is 1.60. The normalized spacial score (nSPS) is 48.5. The molecule has 2 aliphatic rings. The Balaban J connectivity index is 2.08. The van der Waals surface area contributed by atoms with Crippen molar-refractivity contribution < 1.29 is 9.47 Å². The van der Waals surface area contributed by atoms with Gasteiger partial charge in [0.05, 0.1) is 12.2 Å². The maximum atomic E-state index is 5.96. The molecule has 3 nitrogen and oxygen atoms in total. The molecule has 0 radical (unpaired) electrons. The topological polar surface area (TPSA) is 30.5 Å². The highest BCUT2D eigenvalue weighted by atomic mass is 16.6. The smallest absolute Gasteiger partial charge is 0.109 e. The van der Waals surface area contributed by atoms with Crippen LogP contribution in [0.5, 0.6) is 0 Å². The fourth-order valence-electron chi connectivity index (χ4n) is 2.12. The molecule has 3 atom stereocenters. The van der Waals surface area contributed by atoms with Gasteiger partial charge in [0.15, 0.2) is 0 Å². The summed E-state index contributed by atoms with van der Waals surface area (Å²) in [4.78, 5) is 0. The number of ether oxygens (including phenoxy) is 2. The molecule has 0 saturated carbocycles. The lowest BCUT2D eigenvalue weighted by atomic mass is 9.94. The van der Waals surface area contributed by atoms with Crippen LogP contribution in [0.4, 0.5) is 0 Å². The standard InChI is InChI=1S/C9H17NO2/c1-7-5-10-6-9(12-7)3-4-11-8(9)2/h7-8,10H,3-6H2,1-2H3/t7-,8-,9+/m1/s1. The van der Waals surface area contributed by atoms with Crippen LogP contribution in [-0.2, 0) is 9.47 Å². The van der Waals surface area contributed by atoms with Crippen LogP contribution in [0, 0.1) is 0 Å². The van der Waals surface area contributed by atoms with Crippen molar-refractivity contribution in [1.82, 2.24) is 5.32 Å². The molecule has 0 unspecified atom stereocenters. The van der Waals surface area contributed by atoms with Gasteiger partial charge < -0.3 is 14.8 Å². The van der Waals surface area contributed by atoms with Crippen molar-refractivity contribution in [3.05, 3.63) is 0 Å². The van der Waals surface area contributed by atoms with Crippen molar-refractivity contribution in [1.29, 1.82) is 0 Å². The van der Waals surface area contributed by atoms with Crippen LogP contribution in [0.2, 0.25) is 0 Å². The van der Waals surface area contributed by atoms with Gasteiger partial charge in [0.2, 0.25) is 0 Å². The SMILES string of the molecule is C[C@@H]1CNC[C@]2(CCO[C@@H]2C)O1. The minimum Gasteiger partial charge on any atom is -0.375 e. The molecule has 2 fully saturated rings. The van der Waals surface area contributed by atoms with Crippen LogP contribution >= 0.6 is 0 Å². The van der Waals surface area contributed by atoms with Gasteiger partial charge in [-0.25, -0.2) is 0 Å². The summed E-state index contributed by atoms with van der Waals surface area (Å²) in [5, 5.41) is 3.39. The zero-order chi connectivity index (χ0) is 8.60. The Kier molecular flexibility index (Phi) is 2.10. The van der Waals surface area contributed by atoms with E-state index in [9.17, 15) is 0 Å². The average molecular weight is 171 g/mol. The highest BCUT2D eigenvalue weighted by molar-refractivity contribution is 4.96. The van der Waals surface area contributed by atoms with Crippen molar-refractivity contribution in [3.8, 4) is 0 Å². The molecule has 0 aromatic carbocycles. The molecular weight excluding hydrogens is 154 g/mol. The molecule has 3 heteroatoms. The van der Waals surface area contributed by atoms with E-state index in [1.807, 2.05) is 0 Å². The summed E-state index contributed by atoms with van der Waals surface area (Å²) < 4.78 is 11.5. The fourth-order valence-corrected chi connectivity index (χ4v) is 2.12. The molecule has 1 N–H and O–H groups in total. The summed E-state index contributed by atoms with van der Waals surface area (Å²) >= 11 is 0. The summed E-state index contributed by atoms with van der Waals surface area (Å²) in [5.41, 5.74) is -0.0301. The van der Waals surface area contributed by atoms with Gasteiger partial charge in [-0.3, -0.25) is 0 Å². The summed E-state index contributed by atoms with van der Waals surface area (Å²) in [5.74, 6) is 0. The van der Waals surface area contributed by atoms with E-state index in [0.717, 1.165) is 26.1 Å². The van der Waals surface area contributed by atoms with Gasteiger partial charge in [-0.05, 0) is 13.8 Å². The zero-order valence-electron chi connectivity index (χ0n) is 7.80. The van der Waals surface area contributed by atoms with E-state index in [1.54, 1.807) is 0 Å². The largest absolute Gasteiger partial charge is 0.375 e. The monoisotopic (exact) mass is 171 g/mol. The van der Waals surface area contributed by atoms with E-state index in [4.69, 9.17) is 9.47 Å². The second kappa shape index (κ2) is 2.98. The molecule has 2 rings (SSSR count). The maximum Gasteiger partial charge on any atom is 0.109 e. The van der Waals surface area contributed by atoms with Gasteiger partial charge in [-0.1, -0.05) is 0 Å². The third kappa shape index (κ3) is 1.26. The average Bonchev–Trinajstić information content (AvgIpc) is 2.33. The van der Waals surface area contributed by atoms with Gasteiger partial charge in [0.25, 0.3) is 0 Å². The molecule has 0 aromatic heterocycles. The summed E-state index contributed by atoms with van der Waals surface area (Å²) in [6.45, 7) is 6.97. The van der Waals surface area contributed by atoms with E-state index in [1.165, 1.54) is 0 Å². The van der Waals surface area contributed by atoms with Gasteiger partial charge in [0, 0.05) is 26.1 Å². The van der Waals surface area contributed by atoms with Crippen LogP contribution in [0.25, 0.3) is 0 Å². The van der Waals surface area contributed by atoms with E-state index in [-0.39, 0.29) is 11.7 Å². The molecule has 12 heavy (non-hydrogen) atoms. The molecule has 0 amide bonds. The van der Waals surface area contributed by atoms with Gasteiger partial charge >= 0.3 is 0 Å². The van der Waals surface area contributed by atoms with Crippen molar-refractivity contribution in [2.75, 3.05) is 19.7 Å². The Hall–Kier alpha value is -0.120. The number of hydrogen-bond acceptors (Lipinski definition) is 3. The molecule has 0 bridgehead atoms. The Morgan fingerprint density at radius 1 is 1.42 bits per heavy atom. The van der Waals surface area contributed by atoms with Crippen molar-refractivity contribution in [2.45, 2.75) is 38.1 Å². The third-order valence-electron chi connectivity index (χ3n) is 2.93. The molecule has 0 aliphatic carbocycles. The first-order valence-electron chi connectivity index (χ1n) is 4.73. The second-order valence-electron chi connectivity index (χ2n) is 3.89. The van der Waals surface area contributed by atoms with Crippen molar-refractivity contribution in [2.24, 2.45) is 0 Å². The Bertz CT molecular complexity index is 174. The molecule has 2 heterocycles. The maximum absolute atomic E-state index is 5.96. The van der Waals surface area contributed by atoms with Gasteiger partial charge in [0.1, 0.15) is 5.60 Å². The van der Waals surface area contributed by atoms with Gasteiger partial charge in [-0.2, -0.15) is 0 Å². The van der Waals surface area contributed by atoms with E-state index in [2.05, 4.69) is 19.2 Å². The van der Waals surface area contributed by atoms with Crippen LogP contribution in [0.15, 0.2) is 0 Å². The zero-order valence-corrected chi connectivity index (χ0v) is 7.80. The minimum absolute atomic E-state index is 0.0301. The first kappa shape index (κ1) is 8.48.